The number of aliphatic hydroxyl groups excluding tert-OH is 1. The van der Waals surface area contributed by atoms with Crippen LogP contribution in [-0.2, 0) is 6.42 Å². The first-order valence-corrected chi connectivity index (χ1v) is 8.91. The summed E-state index contributed by atoms with van der Waals surface area (Å²) in [6.07, 6.45) is 0.654. The molecule has 0 bridgehead atoms. The van der Waals surface area contributed by atoms with Crippen molar-refractivity contribution in [3.8, 4) is 5.75 Å². The van der Waals surface area contributed by atoms with Gasteiger partial charge in [-0.25, -0.2) is 0 Å². The Kier molecular flexibility index (Phi) is 4.75. The summed E-state index contributed by atoms with van der Waals surface area (Å²) in [5.41, 5.74) is 4.40. The van der Waals surface area contributed by atoms with Crippen LogP contribution in [-0.4, -0.2) is 29.8 Å². The number of aromatic nitrogens is 1. The molecule has 4 aromatic rings. The molecule has 0 aliphatic rings. The predicted molar refractivity (Wildman–Crippen MR) is 107 cm³/mol. The van der Waals surface area contributed by atoms with Crippen molar-refractivity contribution in [2.75, 3.05) is 25.1 Å². The van der Waals surface area contributed by atoms with E-state index in [0.717, 1.165) is 28.0 Å². The minimum atomic E-state index is 0.152. The summed E-state index contributed by atoms with van der Waals surface area (Å²) in [6, 6.07) is 22.5. The Morgan fingerprint density at radius 2 is 1.69 bits per heavy atom. The summed E-state index contributed by atoms with van der Waals surface area (Å²) in [4.78, 5) is 3.44. The minimum Gasteiger partial charge on any atom is -0.492 e. The van der Waals surface area contributed by atoms with Crippen LogP contribution in [0, 0.1) is 0 Å². The molecular weight excluding hydrogens is 324 g/mol. The van der Waals surface area contributed by atoms with Crippen LogP contribution in [0.3, 0.4) is 0 Å². The van der Waals surface area contributed by atoms with Crippen molar-refractivity contribution in [3.63, 3.8) is 0 Å². The Morgan fingerprint density at radius 1 is 0.885 bits per heavy atom. The summed E-state index contributed by atoms with van der Waals surface area (Å²) in [5, 5.41) is 15.0. The van der Waals surface area contributed by atoms with E-state index in [1.807, 2.05) is 36.4 Å². The predicted octanol–water partition coefficient (Wildman–Crippen LogP) is 4.35. The fraction of sp³-hybridized carbons (Fsp3) is 0.182. The van der Waals surface area contributed by atoms with Gasteiger partial charge in [-0.15, -0.1) is 0 Å². The highest BCUT2D eigenvalue weighted by Crippen LogP contribution is 2.28. The van der Waals surface area contributed by atoms with Gasteiger partial charge in [-0.1, -0.05) is 36.4 Å². The molecule has 3 N–H and O–H groups in total. The molecule has 4 rings (SSSR count). The Hall–Kier alpha value is -2.98. The summed E-state index contributed by atoms with van der Waals surface area (Å²) in [7, 11) is 0. The van der Waals surface area contributed by atoms with Crippen molar-refractivity contribution in [1.29, 1.82) is 0 Å². The molecule has 26 heavy (non-hydrogen) atoms. The molecule has 0 spiro atoms. The minimum absolute atomic E-state index is 0.152. The lowest BCUT2D eigenvalue weighted by Crippen LogP contribution is -2.12. The number of fused-ring (bicyclic) bond motifs is 3. The molecule has 0 fully saturated rings. The number of aliphatic hydroxyl groups is 1. The molecule has 0 saturated heterocycles. The number of hydrogen-bond acceptors (Lipinski definition) is 3. The molecule has 3 aromatic carbocycles. The third kappa shape index (κ3) is 3.37. The fourth-order valence-electron chi connectivity index (χ4n) is 3.31. The second-order valence-corrected chi connectivity index (χ2v) is 6.28. The van der Waals surface area contributed by atoms with Crippen LogP contribution in [0.4, 0.5) is 5.69 Å². The Balaban J connectivity index is 1.40. The molecule has 1 aromatic heterocycles. The van der Waals surface area contributed by atoms with Crippen molar-refractivity contribution in [3.05, 3.63) is 72.3 Å². The molecule has 0 aliphatic carbocycles. The lowest BCUT2D eigenvalue weighted by atomic mass is 10.1. The van der Waals surface area contributed by atoms with E-state index in [-0.39, 0.29) is 6.61 Å². The van der Waals surface area contributed by atoms with Gasteiger partial charge in [-0.2, -0.15) is 0 Å². The van der Waals surface area contributed by atoms with Crippen LogP contribution in [0.25, 0.3) is 21.8 Å². The molecule has 0 unspecified atom stereocenters. The Bertz CT molecular complexity index is 1020. The molecule has 1 heterocycles. The maximum Gasteiger partial charge on any atom is 0.121 e. The number of aromatic amines is 1. The lowest BCUT2D eigenvalue weighted by molar-refractivity contribution is 0.299. The number of para-hydroxylation sites is 2. The van der Waals surface area contributed by atoms with Gasteiger partial charge in [0.05, 0.1) is 5.52 Å². The third-order valence-electron chi connectivity index (χ3n) is 4.56. The topological polar surface area (TPSA) is 57.3 Å². The SMILES string of the molecule is OCCc1ccccc1NCCOc1ccc2c(c1)[nH]c1ccccc12. The van der Waals surface area contributed by atoms with E-state index in [2.05, 4.69) is 40.6 Å². The van der Waals surface area contributed by atoms with E-state index in [9.17, 15) is 0 Å². The zero-order valence-corrected chi connectivity index (χ0v) is 14.5. The highest BCUT2D eigenvalue weighted by Gasteiger charge is 2.05. The van der Waals surface area contributed by atoms with E-state index in [4.69, 9.17) is 9.84 Å². The van der Waals surface area contributed by atoms with Crippen LogP contribution < -0.4 is 10.1 Å². The highest BCUT2D eigenvalue weighted by molar-refractivity contribution is 6.07. The van der Waals surface area contributed by atoms with E-state index >= 15 is 0 Å². The maximum absolute atomic E-state index is 9.15. The molecule has 0 aliphatic heterocycles. The average Bonchev–Trinajstić information content (AvgIpc) is 3.04. The second-order valence-electron chi connectivity index (χ2n) is 6.28. The maximum atomic E-state index is 9.15. The lowest BCUT2D eigenvalue weighted by Gasteiger charge is -2.12. The number of nitrogens with one attached hydrogen (secondary N) is 2. The molecule has 0 atom stereocenters. The van der Waals surface area contributed by atoms with Gasteiger partial charge in [0, 0.05) is 41.2 Å². The summed E-state index contributed by atoms with van der Waals surface area (Å²) in [6.45, 7) is 1.42. The van der Waals surface area contributed by atoms with Crippen molar-refractivity contribution >= 4 is 27.5 Å². The van der Waals surface area contributed by atoms with Gasteiger partial charge >= 0.3 is 0 Å². The first kappa shape index (κ1) is 16.5. The second kappa shape index (κ2) is 7.50. The Labute approximate surface area is 152 Å². The van der Waals surface area contributed by atoms with Gasteiger partial charge in [0.2, 0.25) is 0 Å². The molecular formula is C22H22N2O2. The standard InChI is InChI=1S/C22H22N2O2/c25-13-11-16-5-1-3-7-20(16)23-12-14-26-17-9-10-19-18-6-2-4-8-21(18)24-22(19)15-17/h1-10,15,23-25H,11-14H2. The van der Waals surface area contributed by atoms with Gasteiger partial charge in [0.25, 0.3) is 0 Å². The average molecular weight is 346 g/mol. The van der Waals surface area contributed by atoms with Gasteiger partial charge < -0.3 is 20.1 Å². The fourth-order valence-corrected chi connectivity index (χ4v) is 3.31. The molecule has 0 amide bonds. The van der Waals surface area contributed by atoms with Crippen LogP contribution in [0.5, 0.6) is 5.75 Å². The van der Waals surface area contributed by atoms with Gasteiger partial charge in [0.15, 0.2) is 0 Å². The van der Waals surface area contributed by atoms with Crippen LogP contribution >= 0.6 is 0 Å². The number of benzene rings is 3. The summed E-state index contributed by atoms with van der Waals surface area (Å²) in [5.74, 6) is 0.856. The quantitative estimate of drug-likeness (QED) is 0.436. The molecule has 132 valence electrons. The first-order chi connectivity index (χ1) is 12.8. The van der Waals surface area contributed by atoms with E-state index in [1.165, 1.54) is 10.8 Å². The smallest absolute Gasteiger partial charge is 0.121 e. The number of rotatable bonds is 7. The molecule has 0 radical (unpaired) electrons. The number of hydrogen-bond donors (Lipinski definition) is 3. The zero-order chi connectivity index (χ0) is 17.8. The highest BCUT2D eigenvalue weighted by atomic mass is 16.5. The Morgan fingerprint density at radius 3 is 2.62 bits per heavy atom. The molecule has 4 heteroatoms. The molecule has 4 nitrogen and oxygen atoms in total. The van der Waals surface area contributed by atoms with Crippen LogP contribution in [0.2, 0.25) is 0 Å². The van der Waals surface area contributed by atoms with Gasteiger partial charge in [0.1, 0.15) is 12.4 Å². The van der Waals surface area contributed by atoms with E-state index in [0.29, 0.717) is 19.6 Å². The van der Waals surface area contributed by atoms with Crippen molar-refractivity contribution in [2.45, 2.75) is 6.42 Å². The number of H-pyrrole nitrogens is 1. The normalized spacial score (nSPS) is 11.1. The largest absolute Gasteiger partial charge is 0.492 e. The monoisotopic (exact) mass is 346 g/mol. The van der Waals surface area contributed by atoms with Crippen LogP contribution in [0.15, 0.2) is 66.7 Å². The van der Waals surface area contributed by atoms with Crippen LogP contribution in [0.1, 0.15) is 5.56 Å². The third-order valence-corrected chi connectivity index (χ3v) is 4.56. The summed E-state index contributed by atoms with van der Waals surface area (Å²) >= 11 is 0. The first-order valence-electron chi connectivity index (χ1n) is 8.91. The molecule has 0 saturated carbocycles. The summed E-state index contributed by atoms with van der Waals surface area (Å²) < 4.78 is 5.90. The zero-order valence-electron chi connectivity index (χ0n) is 14.5. The van der Waals surface area contributed by atoms with Crippen molar-refractivity contribution < 1.29 is 9.84 Å². The van der Waals surface area contributed by atoms with Gasteiger partial charge in [-0.05, 0) is 36.2 Å². The van der Waals surface area contributed by atoms with Gasteiger partial charge in [-0.3, -0.25) is 0 Å². The van der Waals surface area contributed by atoms with Crippen molar-refractivity contribution in [1.82, 2.24) is 4.98 Å². The van der Waals surface area contributed by atoms with E-state index < -0.39 is 0 Å². The van der Waals surface area contributed by atoms with Crippen molar-refractivity contribution in [2.24, 2.45) is 0 Å². The van der Waals surface area contributed by atoms with E-state index in [1.54, 1.807) is 0 Å². The number of ether oxygens (including phenoxy) is 1. The number of anilines is 1.